The molecule has 127 heavy (non-hydrogen) atoms. The third-order valence-corrected chi connectivity index (χ3v) is 22.1. The number of ether oxygens (including phenoxy) is 1. The number of benzene rings is 4. The maximum Gasteiger partial charge on any atom is 0.416 e. The first-order valence-corrected chi connectivity index (χ1v) is 40.7. The lowest BCUT2D eigenvalue weighted by molar-refractivity contribution is -0.138. The fourth-order valence-corrected chi connectivity index (χ4v) is 15.5. The summed E-state index contributed by atoms with van der Waals surface area (Å²) in [7, 11) is 1.55. The smallest absolute Gasteiger partial charge is 0.416 e. The van der Waals surface area contributed by atoms with E-state index in [1.165, 1.54) is 61.7 Å². The second-order valence-electron chi connectivity index (χ2n) is 31.3. The molecule has 4 aliphatic heterocycles. The lowest BCUT2D eigenvalue weighted by Gasteiger charge is -2.27. The van der Waals surface area contributed by atoms with Gasteiger partial charge in [0.15, 0.2) is 52.4 Å². The summed E-state index contributed by atoms with van der Waals surface area (Å²) < 4.78 is 230. The number of hydrogen-bond donors (Lipinski definition) is 3. The van der Waals surface area contributed by atoms with Crippen LogP contribution < -0.4 is 35.6 Å². The van der Waals surface area contributed by atoms with E-state index in [0.29, 0.717) is 112 Å². The predicted octanol–water partition coefficient (Wildman–Crippen LogP) is 21.0. The maximum absolute atomic E-state index is 15.4. The second kappa shape index (κ2) is 39.9. The van der Waals surface area contributed by atoms with Gasteiger partial charge in [-0.2, -0.15) is 52.7 Å². The molecule has 21 nitrogen and oxygen atoms in total. The number of anilines is 7. The number of oxazole rings is 1. The molecule has 4 fully saturated rings. The van der Waals surface area contributed by atoms with E-state index in [4.69, 9.17) is 9.15 Å². The Bertz CT molecular complexity index is 5660. The Morgan fingerprint density at radius 2 is 0.811 bits per heavy atom. The average Bonchev–Trinajstić information content (AvgIpc) is 1.67. The first-order chi connectivity index (χ1) is 60.5. The van der Waals surface area contributed by atoms with Crippen molar-refractivity contribution in [3.8, 4) is 0 Å². The van der Waals surface area contributed by atoms with Gasteiger partial charge in [0.1, 0.15) is 36.9 Å². The van der Waals surface area contributed by atoms with Crippen LogP contribution >= 0.6 is 0 Å². The number of methoxy groups -OCH3 is 1. The van der Waals surface area contributed by atoms with Gasteiger partial charge in [-0.05, 0) is 160 Å². The van der Waals surface area contributed by atoms with Crippen LogP contribution in [0.4, 0.5) is 111 Å². The van der Waals surface area contributed by atoms with Gasteiger partial charge in [0, 0.05) is 119 Å². The van der Waals surface area contributed by atoms with Crippen LogP contribution in [0.1, 0.15) is 172 Å². The molecule has 16 rings (SSSR count). The topological polar surface area (TPSA) is 226 Å². The molecule has 4 aromatic carbocycles. The van der Waals surface area contributed by atoms with Crippen molar-refractivity contribution in [2.24, 2.45) is 5.92 Å². The monoisotopic (exact) mass is 1770 g/mol. The van der Waals surface area contributed by atoms with E-state index in [1.54, 1.807) is 53.8 Å². The lowest BCUT2D eigenvalue weighted by Crippen LogP contribution is -2.27. The van der Waals surface area contributed by atoms with E-state index in [1.807, 2.05) is 80.8 Å². The zero-order valence-electron chi connectivity index (χ0n) is 69.8. The summed E-state index contributed by atoms with van der Waals surface area (Å²) in [5, 5.41) is 8.86. The molecule has 668 valence electrons. The molecular weight excluding hydrogens is 1680 g/mol. The van der Waals surface area contributed by atoms with E-state index in [2.05, 4.69) is 75.8 Å². The molecule has 6 unspecified atom stereocenters. The SMILES string of the molecule is COC1CC(c2ccc(C(F)(F)F)cc2)N(c2ncnc(NCc3ccc(C)nc3)c2F)C1.Cc1ccc(CNc2ncnc(N3CC(C)CC3c3ccc(C(F)(F)F)cc3)c2F)cn1.Cc1ccc(CNc2ncnc(N3CCCC3c3ccc(C(F)(F)F)cc3F)c2F)cn1.Cc1cnc(CCc2ncnc(N3CCCC3c3ccc(C(C)(F)F)cc3)c2F)o1. The molecule has 12 heterocycles. The molecule has 0 aliphatic carbocycles. The summed E-state index contributed by atoms with van der Waals surface area (Å²) in [5.74, 6) is -4.24. The molecule has 8 aromatic heterocycles. The van der Waals surface area contributed by atoms with Crippen LogP contribution in [-0.4, -0.2) is 99.2 Å². The fraction of sp³-hybridized carbons (Fsp3) is 0.356. The van der Waals surface area contributed by atoms with Crippen molar-refractivity contribution >= 4 is 40.7 Å². The Hall–Kier alpha value is -12.7. The van der Waals surface area contributed by atoms with Crippen LogP contribution in [-0.2, 0) is 61.7 Å². The van der Waals surface area contributed by atoms with E-state index in [0.717, 1.165) is 95.5 Å². The number of alkyl halides is 11. The predicted molar refractivity (Wildman–Crippen MR) is 444 cm³/mol. The highest BCUT2D eigenvalue weighted by atomic mass is 19.4. The third-order valence-electron chi connectivity index (χ3n) is 22.1. The molecule has 0 saturated carbocycles. The van der Waals surface area contributed by atoms with Gasteiger partial charge >= 0.3 is 18.5 Å². The van der Waals surface area contributed by atoms with Crippen LogP contribution in [0.2, 0.25) is 0 Å². The summed E-state index contributed by atoms with van der Waals surface area (Å²) in [4.78, 5) is 56.4. The first kappa shape index (κ1) is 92.0. The second-order valence-corrected chi connectivity index (χ2v) is 31.3. The van der Waals surface area contributed by atoms with Crippen LogP contribution in [0.25, 0.3) is 0 Å². The van der Waals surface area contributed by atoms with Crippen LogP contribution in [0.3, 0.4) is 0 Å². The van der Waals surface area contributed by atoms with Gasteiger partial charge in [-0.25, -0.2) is 62.4 Å². The summed E-state index contributed by atoms with van der Waals surface area (Å²) in [6.07, 6.45) is 2.88. The molecule has 0 amide bonds. The molecule has 37 heteroatoms. The van der Waals surface area contributed by atoms with Gasteiger partial charge in [0.2, 0.25) is 17.5 Å². The highest BCUT2D eigenvalue weighted by Crippen LogP contribution is 2.46. The number of aryl methyl sites for hydroxylation is 6. The number of halogens is 16. The van der Waals surface area contributed by atoms with Crippen molar-refractivity contribution in [3.05, 3.63) is 302 Å². The zero-order valence-corrected chi connectivity index (χ0v) is 69.8. The summed E-state index contributed by atoms with van der Waals surface area (Å²) in [5.41, 5.74) is 5.26. The average molecular weight is 1770 g/mol. The van der Waals surface area contributed by atoms with Crippen molar-refractivity contribution in [1.82, 2.24) is 59.8 Å². The Morgan fingerprint density at radius 1 is 0.409 bits per heavy atom. The van der Waals surface area contributed by atoms with Gasteiger partial charge in [-0.15, -0.1) is 0 Å². The van der Waals surface area contributed by atoms with E-state index in [-0.39, 0.29) is 82.5 Å². The number of aromatic nitrogens is 12. The van der Waals surface area contributed by atoms with Gasteiger partial charge in [-0.1, -0.05) is 79.7 Å². The zero-order chi connectivity index (χ0) is 90.7. The van der Waals surface area contributed by atoms with Gasteiger partial charge in [0.05, 0.1) is 58.9 Å². The normalized spacial score (nSPS) is 17.7. The summed E-state index contributed by atoms with van der Waals surface area (Å²) in [6.45, 7) is 13.2. The van der Waals surface area contributed by atoms with Crippen LogP contribution in [0, 0.1) is 62.7 Å². The molecule has 0 spiro atoms. The van der Waals surface area contributed by atoms with Gasteiger partial charge in [-0.3, -0.25) is 15.0 Å². The van der Waals surface area contributed by atoms with Crippen molar-refractivity contribution in [3.63, 3.8) is 0 Å². The molecule has 12 aromatic rings. The van der Waals surface area contributed by atoms with Crippen molar-refractivity contribution < 1.29 is 79.4 Å². The van der Waals surface area contributed by atoms with E-state index >= 15 is 17.6 Å². The minimum absolute atomic E-state index is 0.0193. The first-order valence-electron chi connectivity index (χ1n) is 40.7. The Morgan fingerprint density at radius 3 is 1.23 bits per heavy atom. The lowest BCUT2D eigenvalue weighted by atomic mass is 9.99. The van der Waals surface area contributed by atoms with Gasteiger partial charge in [0.25, 0.3) is 5.92 Å². The third kappa shape index (κ3) is 22.9. The standard InChI is InChI=1S/C23H23F4N5O.C23H23F4N5.C22H20F5N5.C22H23F3N4O/c1-14-3-4-15(10-28-14)11-29-21-20(24)22(31-13-30-21)32-12-18(33-2)9-19(32)16-5-7-17(8-6-16)23(25,26)27;1-14-9-19(17-5-7-18(8-6-17)23(25,26)27)32(12-14)22-20(24)21(30-13-31-22)29-11-16-4-3-15(2)28-10-16;1-13-4-5-14(10-28-13)11-29-20-19(24)21(31-12-30-20)32-8-2-3-18(32)16-7-6-15(9-17(16)23)22(25,26)27;1-14-12-26-19(30-14)10-9-17-20(23)21(28-13-27-17)29-11-3-4-18(29)15-5-7-16(8-6-15)22(2,24)25/h3-8,10,13,18-19H,9,11-12H2,1-2H3,(H,29,30,31);3-8,10,13-14,19H,9,11-12H2,1-2H3,(H,29,30,31);4-7,9-10,12,18H,2-3,8,11H2,1H3,(H,29,30,31);5-8,12-13,18H,3-4,9-11H2,1-2H3. The minimum Gasteiger partial charge on any atom is -0.446 e. The fourth-order valence-electron chi connectivity index (χ4n) is 15.5. The highest BCUT2D eigenvalue weighted by Gasteiger charge is 2.41. The number of nitrogens with zero attached hydrogens (tertiary/aromatic N) is 16. The highest BCUT2D eigenvalue weighted by molar-refractivity contribution is 5.57. The van der Waals surface area contributed by atoms with Crippen molar-refractivity contribution in [1.29, 1.82) is 0 Å². The molecule has 4 aliphatic rings. The largest absolute Gasteiger partial charge is 0.446 e. The number of hydrogen-bond acceptors (Lipinski definition) is 21. The van der Waals surface area contributed by atoms with E-state index in [9.17, 15) is 52.7 Å². The molecule has 0 bridgehead atoms. The Labute approximate surface area is 721 Å². The van der Waals surface area contributed by atoms with Crippen LogP contribution in [0.5, 0.6) is 0 Å². The van der Waals surface area contributed by atoms with Crippen molar-refractivity contribution in [2.45, 2.75) is 167 Å². The van der Waals surface area contributed by atoms with E-state index < -0.39 is 82.3 Å². The number of rotatable bonds is 22. The van der Waals surface area contributed by atoms with Crippen LogP contribution in [0.15, 0.2) is 182 Å². The summed E-state index contributed by atoms with van der Waals surface area (Å²) >= 11 is 0. The molecular formula is C90H89F16N19O2. The quantitative estimate of drug-likeness (QED) is 0.0536. The number of pyridine rings is 3. The van der Waals surface area contributed by atoms with Crippen molar-refractivity contribution in [2.75, 3.05) is 68.8 Å². The minimum atomic E-state index is -4.64. The van der Waals surface area contributed by atoms with Gasteiger partial charge < -0.3 is 44.7 Å². The molecule has 4 saturated heterocycles. The summed E-state index contributed by atoms with van der Waals surface area (Å²) in [6, 6.07) is 28.5. The molecule has 6 atom stereocenters. The maximum atomic E-state index is 15.4. The Kier molecular flexibility index (Phi) is 28.9. The number of nitrogens with one attached hydrogen (secondary N) is 3. The molecule has 0 radical (unpaired) electrons. The Balaban J connectivity index is 0.000000145. The molecule has 3 N–H and O–H groups in total.